The molecule has 26 heavy (non-hydrogen) atoms. The second kappa shape index (κ2) is 9.68. The fraction of sp³-hybridized carbons (Fsp3) is 0.722. The van der Waals surface area contributed by atoms with Gasteiger partial charge in [0, 0.05) is 64.0 Å². The molecule has 3 rings (SSSR count). The molecule has 3 heterocycles. The number of likely N-dealkylation sites (tertiary alicyclic amines) is 1. The first kappa shape index (κ1) is 18.8. The number of morpholine rings is 1. The summed E-state index contributed by atoms with van der Waals surface area (Å²) in [5.74, 6) is 1.78. The SMILES string of the molecule is Cc1cc(NCCCN2CCCC2=O)nc(NCCN2CCOCC2)n1. The Morgan fingerprint density at radius 2 is 1.96 bits per heavy atom. The molecule has 2 N–H and O–H groups in total. The third-order valence-corrected chi connectivity index (χ3v) is 4.75. The molecule has 8 heteroatoms. The highest BCUT2D eigenvalue weighted by Crippen LogP contribution is 2.11. The molecule has 1 amide bonds. The van der Waals surface area contributed by atoms with Gasteiger partial charge in [0.1, 0.15) is 5.82 Å². The highest BCUT2D eigenvalue weighted by molar-refractivity contribution is 5.78. The van der Waals surface area contributed by atoms with Crippen LogP contribution in [-0.2, 0) is 9.53 Å². The Hall–Kier alpha value is -1.93. The molecule has 0 saturated carbocycles. The van der Waals surface area contributed by atoms with E-state index < -0.39 is 0 Å². The summed E-state index contributed by atoms with van der Waals surface area (Å²) in [6, 6.07) is 1.95. The molecule has 2 aliphatic rings. The first-order valence-corrected chi connectivity index (χ1v) is 9.62. The number of carbonyl (C=O) groups excluding carboxylic acids is 1. The van der Waals surface area contributed by atoms with Crippen molar-refractivity contribution in [2.75, 3.05) is 69.7 Å². The molecule has 1 aromatic heterocycles. The summed E-state index contributed by atoms with van der Waals surface area (Å²) >= 11 is 0. The minimum Gasteiger partial charge on any atom is -0.379 e. The molecule has 0 bridgehead atoms. The van der Waals surface area contributed by atoms with Crippen LogP contribution >= 0.6 is 0 Å². The third kappa shape index (κ3) is 5.81. The van der Waals surface area contributed by atoms with Gasteiger partial charge >= 0.3 is 0 Å². The lowest BCUT2D eigenvalue weighted by Crippen LogP contribution is -2.39. The average Bonchev–Trinajstić information content (AvgIpc) is 3.04. The monoisotopic (exact) mass is 362 g/mol. The van der Waals surface area contributed by atoms with Crippen molar-refractivity contribution >= 4 is 17.7 Å². The average molecular weight is 362 g/mol. The summed E-state index contributed by atoms with van der Waals surface area (Å²) in [5, 5.41) is 6.66. The van der Waals surface area contributed by atoms with E-state index in [1.807, 2.05) is 17.9 Å². The van der Waals surface area contributed by atoms with Gasteiger partial charge in [-0.15, -0.1) is 0 Å². The number of hydrogen-bond acceptors (Lipinski definition) is 7. The van der Waals surface area contributed by atoms with E-state index >= 15 is 0 Å². The molecule has 0 aromatic carbocycles. The van der Waals surface area contributed by atoms with Crippen LogP contribution in [0.3, 0.4) is 0 Å². The van der Waals surface area contributed by atoms with Gasteiger partial charge in [0.25, 0.3) is 0 Å². The summed E-state index contributed by atoms with van der Waals surface area (Å²) in [5.41, 5.74) is 0.936. The Morgan fingerprint density at radius 1 is 1.12 bits per heavy atom. The zero-order chi connectivity index (χ0) is 18.2. The van der Waals surface area contributed by atoms with Gasteiger partial charge in [-0.05, 0) is 19.8 Å². The van der Waals surface area contributed by atoms with E-state index in [4.69, 9.17) is 4.74 Å². The lowest BCUT2D eigenvalue weighted by atomic mass is 10.3. The third-order valence-electron chi connectivity index (χ3n) is 4.75. The van der Waals surface area contributed by atoms with Crippen LogP contribution in [0.5, 0.6) is 0 Å². The van der Waals surface area contributed by atoms with E-state index in [0.29, 0.717) is 12.4 Å². The van der Waals surface area contributed by atoms with Crippen molar-refractivity contribution in [3.8, 4) is 0 Å². The van der Waals surface area contributed by atoms with E-state index in [1.54, 1.807) is 0 Å². The summed E-state index contributed by atoms with van der Waals surface area (Å²) in [6.07, 6.45) is 2.63. The fourth-order valence-electron chi connectivity index (χ4n) is 3.32. The molecule has 2 aliphatic heterocycles. The molecular weight excluding hydrogens is 332 g/mol. The van der Waals surface area contributed by atoms with E-state index in [2.05, 4.69) is 25.5 Å². The molecule has 1 aromatic rings. The molecule has 0 radical (unpaired) electrons. The van der Waals surface area contributed by atoms with Crippen LogP contribution in [0.25, 0.3) is 0 Å². The largest absolute Gasteiger partial charge is 0.379 e. The van der Waals surface area contributed by atoms with Crippen LogP contribution in [0.15, 0.2) is 6.07 Å². The second-order valence-electron chi connectivity index (χ2n) is 6.86. The van der Waals surface area contributed by atoms with Crippen LogP contribution in [0.1, 0.15) is 25.0 Å². The number of amides is 1. The maximum Gasteiger partial charge on any atom is 0.224 e. The minimum atomic E-state index is 0.287. The number of anilines is 2. The number of nitrogens with one attached hydrogen (secondary N) is 2. The van der Waals surface area contributed by atoms with E-state index in [0.717, 1.165) is 83.4 Å². The lowest BCUT2D eigenvalue weighted by molar-refractivity contribution is -0.127. The first-order valence-electron chi connectivity index (χ1n) is 9.62. The normalized spacial score (nSPS) is 18.3. The number of rotatable bonds is 9. The molecule has 0 unspecified atom stereocenters. The standard InChI is InChI=1S/C18H30N6O2/c1-15-14-16(19-5-3-8-24-7-2-4-17(24)25)22-18(21-15)20-6-9-23-10-12-26-13-11-23/h14H,2-13H2,1H3,(H2,19,20,21,22). The van der Waals surface area contributed by atoms with Crippen LogP contribution in [0, 0.1) is 6.92 Å². The van der Waals surface area contributed by atoms with Gasteiger partial charge in [0.2, 0.25) is 11.9 Å². The van der Waals surface area contributed by atoms with Crippen LogP contribution in [0.4, 0.5) is 11.8 Å². The van der Waals surface area contributed by atoms with E-state index in [9.17, 15) is 4.79 Å². The second-order valence-corrected chi connectivity index (χ2v) is 6.86. The van der Waals surface area contributed by atoms with Crippen LogP contribution < -0.4 is 10.6 Å². The van der Waals surface area contributed by atoms with Gasteiger partial charge in [0.15, 0.2) is 0 Å². The molecular formula is C18H30N6O2. The van der Waals surface area contributed by atoms with Crippen molar-refractivity contribution in [1.29, 1.82) is 0 Å². The highest BCUT2D eigenvalue weighted by Gasteiger charge is 2.18. The van der Waals surface area contributed by atoms with Crippen molar-refractivity contribution in [2.45, 2.75) is 26.2 Å². The van der Waals surface area contributed by atoms with Crippen molar-refractivity contribution < 1.29 is 9.53 Å². The number of carbonyl (C=O) groups is 1. The van der Waals surface area contributed by atoms with Crippen molar-refractivity contribution in [3.05, 3.63) is 11.8 Å². The number of hydrogen-bond donors (Lipinski definition) is 2. The first-order chi connectivity index (χ1) is 12.7. The number of aromatic nitrogens is 2. The number of nitrogens with zero attached hydrogens (tertiary/aromatic N) is 4. The molecule has 8 nitrogen and oxygen atoms in total. The van der Waals surface area contributed by atoms with E-state index in [-0.39, 0.29) is 5.91 Å². The van der Waals surface area contributed by atoms with Gasteiger partial charge in [-0.2, -0.15) is 4.98 Å². The predicted octanol–water partition coefficient (Wildman–Crippen LogP) is 0.954. The summed E-state index contributed by atoms with van der Waals surface area (Å²) in [6.45, 7) is 9.90. The Morgan fingerprint density at radius 3 is 2.73 bits per heavy atom. The van der Waals surface area contributed by atoms with Crippen molar-refractivity contribution in [3.63, 3.8) is 0 Å². The Kier molecular flexibility index (Phi) is 7.02. The van der Waals surface area contributed by atoms with Crippen molar-refractivity contribution in [1.82, 2.24) is 19.8 Å². The summed E-state index contributed by atoms with van der Waals surface area (Å²) in [7, 11) is 0. The molecule has 2 fully saturated rings. The lowest BCUT2D eigenvalue weighted by Gasteiger charge is -2.26. The zero-order valence-electron chi connectivity index (χ0n) is 15.7. The maximum atomic E-state index is 11.6. The number of aryl methyl sites for hydroxylation is 1. The topological polar surface area (TPSA) is 82.6 Å². The molecule has 2 saturated heterocycles. The number of ether oxygens (including phenoxy) is 1. The van der Waals surface area contributed by atoms with Gasteiger partial charge in [0.05, 0.1) is 13.2 Å². The van der Waals surface area contributed by atoms with Crippen LogP contribution in [0.2, 0.25) is 0 Å². The Balaban J connectivity index is 1.39. The van der Waals surface area contributed by atoms with Gasteiger partial charge < -0.3 is 20.3 Å². The van der Waals surface area contributed by atoms with Crippen molar-refractivity contribution in [2.24, 2.45) is 0 Å². The minimum absolute atomic E-state index is 0.287. The highest BCUT2D eigenvalue weighted by atomic mass is 16.5. The predicted molar refractivity (Wildman–Crippen MR) is 101 cm³/mol. The van der Waals surface area contributed by atoms with Crippen LogP contribution in [-0.4, -0.2) is 84.7 Å². The zero-order valence-corrected chi connectivity index (χ0v) is 15.7. The molecule has 144 valence electrons. The summed E-state index contributed by atoms with van der Waals surface area (Å²) in [4.78, 5) is 24.9. The fourth-order valence-corrected chi connectivity index (χ4v) is 3.32. The Bertz CT molecular complexity index is 591. The van der Waals surface area contributed by atoms with Gasteiger partial charge in [-0.1, -0.05) is 0 Å². The Labute approximate surface area is 155 Å². The molecule has 0 atom stereocenters. The van der Waals surface area contributed by atoms with E-state index in [1.165, 1.54) is 0 Å². The molecule has 0 spiro atoms. The quantitative estimate of drug-likeness (QED) is 0.633. The van der Waals surface area contributed by atoms with Gasteiger partial charge in [-0.25, -0.2) is 4.98 Å². The smallest absolute Gasteiger partial charge is 0.224 e. The van der Waals surface area contributed by atoms with Gasteiger partial charge in [-0.3, -0.25) is 9.69 Å². The maximum absolute atomic E-state index is 11.6. The summed E-state index contributed by atoms with van der Waals surface area (Å²) < 4.78 is 5.36. The molecule has 0 aliphatic carbocycles.